The molecule has 5 heteroatoms. The molecule has 0 saturated carbocycles. The lowest BCUT2D eigenvalue weighted by molar-refractivity contribution is 0.408. The molecule has 1 unspecified atom stereocenters. The van der Waals surface area contributed by atoms with Crippen LogP contribution < -0.4 is 5.73 Å². The third-order valence-corrected chi connectivity index (χ3v) is 5.61. The van der Waals surface area contributed by atoms with Crippen molar-refractivity contribution in [3.8, 4) is 11.8 Å². The zero-order valence-corrected chi connectivity index (χ0v) is 12.7. The van der Waals surface area contributed by atoms with E-state index in [1.54, 1.807) is 22.5 Å². The van der Waals surface area contributed by atoms with Crippen LogP contribution in [0.1, 0.15) is 30.9 Å². The van der Waals surface area contributed by atoms with Gasteiger partial charge in [0.1, 0.15) is 0 Å². The zero-order chi connectivity index (χ0) is 14.8. The Morgan fingerprint density at radius 3 is 2.80 bits per heavy atom. The minimum Gasteiger partial charge on any atom is -0.320 e. The molecule has 1 atom stereocenters. The number of sulfonamides is 1. The van der Waals surface area contributed by atoms with Crippen molar-refractivity contribution in [3.63, 3.8) is 0 Å². The van der Waals surface area contributed by atoms with Crippen molar-refractivity contribution in [1.29, 1.82) is 0 Å². The fraction of sp³-hybridized carbons (Fsp3) is 0.467. The molecule has 108 valence electrons. The van der Waals surface area contributed by atoms with Crippen LogP contribution in [-0.4, -0.2) is 31.9 Å². The molecule has 1 aliphatic heterocycles. The van der Waals surface area contributed by atoms with E-state index in [1.165, 1.54) is 0 Å². The average Bonchev–Trinajstić information content (AvgIpc) is 2.83. The molecule has 1 aromatic carbocycles. The van der Waals surface area contributed by atoms with E-state index in [9.17, 15) is 8.42 Å². The van der Waals surface area contributed by atoms with Gasteiger partial charge in [0.25, 0.3) is 0 Å². The molecule has 0 amide bonds. The number of nitrogens with zero attached hydrogens (tertiary/aromatic N) is 1. The van der Waals surface area contributed by atoms with Crippen molar-refractivity contribution in [1.82, 2.24) is 4.31 Å². The van der Waals surface area contributed by atoms with Crippen molar-refractivity contribution >= 4 is 10.0 Å². The molecule has 0 aliphatic carbocycles. The number of nitrogens with two attached hydrogens (primary N) is 1. The fourth-order valence-electron chi connectivity index (χ4n) is 2.50. The lowest BCUT2D eigenvalue weighted by Gasteiger charge is -2.21. The summed E-state index contributed by atoms with van der Waals surface area (Å²) in [7, 11) is -3.48. The minimum atomic E-state index is -3.48. The van der Waals surface area contributed by atoms with E-state index in [-0.39, 0.29) is 17.5 Å². The molecule has 1 fully saturated rings. The lowest BCUT2D eigenvalue weighted by atomic mass is 10.1. The summed E-state index contributed by atoms with van der Waals surface area (Å²) >= 11 is 0. The summed E-state index contributed by atoms with van der Waals surface area (Å²) in [6, 6.07) is 5.31. The molecule has 0 spiro atoms. The predicted molar refractivity (Wildman–Crippen MR) is 79.7 cm³/mol. The molecule has 0 bridgehead atoms. The Labute approximate surface area is 121 Å². The largest absolute Gasteiger partial charge is 0.320 e. The number of hydrogen-bond donors (Lipinski definition) is 1. The standard InChI is InChI=1S/C15H20N2O2S/c1-12-7-8-15(14(11-12)6-3-9-16)20(18,19)17-10-4-5-13(17)2/h7-8,11,13H,4-5,9-10,16H2,1-2H3. The molecule has 4 nitrogen and oxygen atoms in total. The topological polar surface area (TPSA) is 63.4 Å². The Morgan fingerprint density at radius 1 is 1.45 bits per heavy atom. The maximum Gasteiger partial charge on any atom is 0.244 e. The normalized spacial score (nSPS) is 19.6. The van der Waals surface area contributed by atoms with E-state index in [0.29, 0.717) is 12.1 Å². The van der Waals surface area contributed by atoms with Gasteiger partial charge in [-0.25, -0.2) is 8.42 Å². The fourth-order valence-corrected chi connectivity index (χ4v) is 4.33. The summed E-state index contributed by atoms with van der Waals surface area (Å²) in [5.74, 6) is 5.62. The van der Waals surface area contributed by atoms with Crippen molar-refractivity contribution in [2.75, 3.05) is 13.1 Å². The first-order valence-corrected chi connectivity index (χ1v) is 8.22. The van der Waals surface area contributed by atoms with Gasteiger partial charge in [-0.3, -0.25) is 0 Å². The predicted octanol–water partition coefficient (Wildman–Crippen LogP) is 1.48. The molecule has 1 aliphatic rings. The first-order valence-electron chi connectivity index (χ1n) is 6.78. The third kappa shape index (κ3) is 2.88. The Balaban J connectivity index is 2.51. The average molecular weight is 292 g/mol. The molecular formula is C15H20N2O2S. The molecule has 2 N–H and O–H groups in total. The molecule has 0 radical (unpaired) electrons. The van der Waals surface area contributed by atoms with E-state index in [4.69, 9.17) is 5.73 Å². The summed E-state index contributed by atoms with van der Waals surface area (Å²) in [6.07, 6.45) is 1.82. The Morgan fingerprint density at radius 2 is 2.20 bits per heavy atom. The summed E-state index contributed by atoms with van der Waals surface area (Å²) < 4.78 is 27.1. The highest BCUT2D eigenvalue weighted by Crippen LogP contribution is 2.27. The Kier molecular flexibility index (Phi) is 4.48. The highest BCUT2D eigenvalue weighted by atomic mass is 32.2. The van der Waals surface area contributed by atoms with Gasteiger partial charge in [0.15, 0.2) is 0 Å². The van der Waals surface area contributed by atoms with Gasteiger partial charge >= 0.3 is 0 Å². The SMILES string of the molecule is Cc1ccc(S(=O)(=O)N2CCCC2C)c(C#CCN)c1. The number of benzene rings is 1. The van der Waals surface area contributed by atoms with E-state index < -0.39 is 10.0 Å². The van der Waals surface area contributed by atoms with Gasteiger partial charge in [0.2, 0.25) is 10.0 Å². The van der Waals surface area contributed by atoms with E-state index in [1.807, 2.05) is 13.8 Å². The Bertz CT molecular complexity index is 656. The first-order chi connectivity index (χ1) is 9.46. The molecule has 1 aromatic rings. The Hall–Kier alpha value is -1.35. The number of rotatable bonds is 2. The summed E-state index contributed by atoms with van der Waals surface area (Å²) in [5.41, 5.74) is 6.91. The van der Waals surface area contributed by atoms with Crippen LogP contribution in [0.5, 0.6) is 0 Å². The van der Waals surface area contributed by atoms with Crippen LogP contribution >= 0.6 is 0 Å². The van der Waals surface area contributed by atoms with Gasteiger partial charge in [-0.2, -0.15) is 4.31 Å². The van der Waals surface area contributed by atoms with Gasteiger partial charge in [0.05, 0.1) is 11.4 Å². The second kappa shape index (κ2) is 5.96. The quantitative estimate of drug-likeness (QED) is 0.840. The smallest absolute Gasteiger partial charge is 0.244 e. The lowest BCUT2D eigenvalue weighted by Crippen LogP contribution is -2.34. The van der Waals surface area contributed by atoms with E-state index >= 15 is 0 Å². The highest BCUT2D eigenvalue weighted by molar-refractivity contribution is 7.89. The second-order valence-electron chi connectivity index (χ2n) is 5.11. The van der Waals surface area contributed by atoms with Crippen LogP contribution in [-0.2, 0) is 10.0 Å². The van der Waals surface area contributed by atoms with Crippen LogP contribution in [0.3, 0.4) is 0 Å². The molecule has 0 aromatic heterocycles. The van der Waals surface area contributed by atoms with Crippen molar-refractivity contribution in [3.05, 3.63) is 29.3 Å². The maximum absolute atomic E-state index is 12.8. The first kappa shape index (κ1) is 15.0. The monoisotopic (exact) mass is 292 g/mol. The van der Waals surface area contributed by atoms with Crippen LogP contribution in [0.2, 0.25) is 0 Å². The van der Waals surface area contributed by atoms with Gasteiger partial charge in [0, 0.05) is 18.2 Å². The summed E-state index contributed by atoms with van der Waals surface area (Å²) in [4.78, 5) is 0.290. The van der Waals surface area contributed by atoms with Crippen LogP contribution in [0.25, 0.3) is 0 Å². The van der Waals surface area contributed by atoms with Gasteiger partial charge in [-0.1, -0.05) is 17.9 Å². The molecule has 20 heavy (non-hydrogen) atoms. The number of aryl methyl sites for hydroxylation is 1. The molecular weight excluding hydrogens is 272 g/mol. The molecule has 1 heterocycles. The van der Waals surface area contributed by atoms with Gasteiger partial charge in [-0.05, 0) is 44.4 Å². The highest BCUT2D eigenvalue weighted by Gasteiger charge is 2.33. The molecule has 2 rings (SSSR count). The van der Waals surface area contributed by atoms with Crippen LogP contribution in [0.15, 0.2) is 23.1 Å². The van der Waals surface area contributed by atoms with Crippen molar-refractivity contribution in [2.45, 2.75) is 37.6 Å². The van der Waals surface area contributed by atoms with Crippen LogP contribution in [0.4, 0.5) is 0 Å². The van der Waals surface area contributed by atoms with Crippen molar-refractivity contribution in [2.24, 2.45) is 5.73 Å². The van der Waals surface area contributed by atoms with Gasteiger partial charge in [-0.15, -0.1) is 0 Å². The van der Waals surface area contributed by atoms with Crippen LogP contribution in [0, 0.1) is 18.8 Å². The van der Waals surface area contributed by atoms with Crippen molar-refractivity contribution < 1.29 is 8.42 Å². The van der Waals surface area contributed by atoms with Gasteiger partial charge < -0.3 is 5.73 Å². The summed E-state index contributed by atoms with van der Waals surface area (Å²) in [5, 5.41) is 0. The van der Waals surface area contributed by atoms with E-state index in [2.05, 4.69) is 11.8 Å². The molecule has 1 saturated heterocycles. The van der Waals surface area contributed by atoms with E-state index in [0.717, 1.165) is 18.4 Å². The third-order valence-electron chi connectivity index (χ3n) is 3.54. The zero-order valence-electron chi connectivity index (χ0n) is 11.9. The number of hydrogen-bond acceptors (Lipinski definition) is 3. The second-order valence-corrected chi connectivity index (χ2v) is 6.97. The minimum absolute atomic E-state index is 0.0524. The summed E-state index contributed by atoms with van der Waals surface area (Å²) in [6.45, 7) is 4.67. The maximum atomic E-state index is 12.8.